The minimum absolute atomic E-state index is 0.581. The number of nitrogens with one attached hydrogen (secondary N) is 1. The summed E-state index contributed by atoms with van der Waals surface area (Å²) in [6, 6.07) is 5.81. The van der Waals surface area contributed by atoms with Crippen LogP contribution >= 0.6 is 23.4 Å². The maximum atomic E-state index is 6.04. The van der Waals surface area contributed by atoms with Gasteiger partial charge in [-0.1, -0.05) is 23.4 Å². The van der Waals surface area contributed by atoms with Crippen LogP contribution in [0.4, 0.5) is 0 Å². The number of imidazole rings is 1. The summed E-state index contributed by atoms with van der Waals surface area (Å²) in [6.45, 7) is 0.581. The van der Waals surface area contributed by atoms with Crippen LogP contribution in [0.25, 0.3) is 11.2 Å². The topological polar surface area (TPSA) is 80.5 Å². The van der Waals surface area contributed by atoms with Crippen molar-refractivity contribution in [2.45, 2.75) is 16.3 Å². The molecular formula is C13H12ClN5S. The van der Waals surface area contributed by atoms with Crippen molar-refractivity contribution < 1.29 is 0 Å². The van der Waals surface area contributed by atoms with Gasteiger partial charge in [-0.3, -0.25) is 0 Å². The lowest BCUT2D eigenvalue weighted by Crippen LogP contribution is -2.03. The molecule has 0 saturated carbocycles. The van der Waals surface area contributed by atoms with Crippen LogP contribution in [0.1, 0.15) is 5.56 Å². The number of halogens is 1. The van der Waals surface area contributed by atoms with Crippen molar-refractivity contribution in [3.8, 4) is 0 Å². The number of rotatable bonds is 4. The van der Waals surface area contributed by atoms with Gasteiger partial charge in [0.1, 0.15) is 16.9 Å². The molecule has 0 atom stereocenters. The van der Waals surface area contributed by atoms with E-state index in [4.69, 9.17) is 17.3 Å². The van der Waals surface area contributed by atoms with Crippen molar-refractivity contribution in [2.24, 2.45) is 5.73 Å². The Hall–Kier alpha value is -1.63. The van der Waals surface area contributed by atoms with Gasteiger partial charge in [0.2, 0.25) is 0 Å². The molecule has 0 radical (unpaired) electrons. The number of aromatic amines is 1. The Bertz CT molecular complexity index is 742. The van der Waals surface area contributed by atoms with Crippen LogP contribution in [0.15, 0.2) is 40.8 Å². The Morgan fingerprint density at radius 3 is 3.00 bits per heavy atom. The molecule has 7 heteroatoms. The lowest BCUT2D eigenvalue weighted by molar-refractivity contribution is 0.943. The van der Waals surface area contributed by atoms with Crippen molar-refractivity contribution in [3.63, 3.8) is 0 Å². The molecule has 102 valence electrons. The average molecular weight is 306 g/mol. The maximum Gasteiger partial charge on any atom is 0.181 e. The molecule has 2 aromatic heterocycles. The molecule has 1 aromatic carbocycles. The molecule has 2 heterocycles. The largest absolute Gasteiger partial charge is 0.341 e. The minimum atomic E-state index is 0.581. The molecule has 0 saturated heterocycles. The third-order valence-corrected chi connectivity index (χ3v) is 4.19. The number of aromatic nitrogens is 4. The van der Waals surface area contributed by atoms with Gasteiger partial charge in [0, 0.05) is 9.92 Å². The standard InChI is InChI=1S/C13H12ClN5S/c14-9-1-2-10(8(5-9)3-4-15)20-13-11-12(17-6-16-11)18-7-19-13/h1-2,5-7H,3-4,15H2,(H,16,17,18,19). The van der Waals surface area contributed by atoms with Gasteiger partial charge in [-0.05, 0) is 36.7 Å². The highest BCUT2D eigenvalue weighted by atomic mass is 35.5. The van der Waals surface area contributed by atoms with E-state index in [1.165, 1.54) is 6.33 Å². The summed E-state index contributed by atoms with van der Waals surface area (Å²) in [5.74, 6) is 0. The third-order valence-electron chi connectivity index (χ3n) is 2.83. The van der Waals surface area contributed by atoms with Gasteiger partial charge in [0.05, 0.1) is 6.33 Å². The second-order valence-corrected chi connectivity index (χ2v) is 5.64. The van der Waals surface area contributed by atoms with E-state index in [1.807, 2.05) is 18.2 Å². The van der Waals surface area contributed by atoms with Crippen molar-refractivity contribution in [1.82, 2.24) is 19.9 Å². The second kappa shape index (κ2) is 5.78. The number of nitrogens with zero attached hydrogens (tertiary/aromatic N) is 3. The first-order valence-electron chi connectivity index (χ1n) is 6.08. The van der Waals surface area contributed by atoms with E-state index in [0.29, 0.717) is 17.2 Å². The highest BCUT2D eigenvalue weighted by Crippen LogP contribution is 2.33. The molecular weight excluding hydrogens is 294 g/mol. The van der Waals surface area contributed by atoms with Crippen LogP contribution in [0.5, 0.6) is 0 Å². The maximum absolute atomic E-state index is 6.04. The summed E-state index contributed by atoms with van der Waals surface area (Å²) in [6.07, 6.45) is 3.91. The molecule has 0 fully saturated rings. The predicted molar refractivity (Wildman–Crippen MR) is 80.0 cm³/mol. The summed E-state index contributed by atoms with van der Waals surface area (Å²) in [7, 11) is 0. The first-order valence-corrected chi connectivity index (χ1v) is 7.28. The first-order chi connectivity index (χ1) is 9.78. The predicted octanol–water partition coefficient (Wildman–Crippen LogP) is 2.66. The van der Waals surface area contributed by atoms with Gasteiger partial charge in [0.25, 0.3) is 0 Å². The average Bonchev–Trinajstić information content (AvgIpc) is 2.91. The summed E-state index contributed by atoms with van der Waals surface area (Å²) < 4.78 is 0. The fourth-order valence-electron chi connectivity index (χ4n) is 1.92. The van der Waals surface area contributed by atoms with Crippen molar-refractivity contribution >= 4 is 34.5 Å². The first kappa shape index (κ1) is 13.4. The monoisotopic (exact) mass is 305 g/mol. The SMILES string of the molecule is NCCc1cc(Cl)ccc1Sc1ncnc2nc[nH]c12. The van der Waals surface area contributed by atoms with E-state index < -0.39 is 0 Å². The molecule has 0 aliphatic carbocycles. The normalized spacial score (nSPS) is 11.1. The highest BCUT2D eigenvalue weighted by Gasteiger charge is 2.10. The van der Waals surface area contributed by atoms with Crippen LogP contribution in [0.3, 0.4) is 0 Å². The van der Waals surface area contributed by atoms with Gasteiger partial charge in [0.15, 0.2) is 5.65 Å². The Kier molecular flexibility index (Phi) is 3.86. The van der Waals surface area contributed by atoms with Gasteiger partial charge < -0.3 is 10.7 Å². The number of benzene rings is 1. The lowest BCUT2D eigenvalue weighted by Gasteiger charge is -2.08. The number of fused-ring (bicyclic) bond motifs is 1. The Labute approximate surface area is 125 Å². The molecule has 20 heavy (non-hydrogen) atoms. The molecule has 3 rings (SSSR count). The van der Waals surface area contributed by atoms with E-state index in [2.05, 4.69) is 19.9 Å². The van der Waals surface area contributed by atoms with Crippen LogP contribution in [0.2, 0.25) is 5.02 Å². The smallest absolute Gasteiger partial charge is 0.181 e. The summed E-state index contributed by atoms with van der Waals surface area (Å²) in [5, 5.41) is 1.56. The molecule has 0 bridgehead atoms. The van der Waals surface area contributed by atoms with E-state index in [0.717, 1.165) is 27.4 Å². The summed E-state index contributed by atoms with van der Waals surface area (Å²) in [5.41, 5.74) is 8.28. The summed E-state index contributed by atoms with van der Waals surface area (Å²) in [4.78, 5) is 16.7. The van der Waals surface area contributed by atoms with E-state index >= 15 is 0 Å². The summed E-state index contributed by atoms with van der Waals surface area (Å²) >= 11 is 7.60. The number of hydrogen-bond donors (Lipinski definition) is 2. The molecule has 0 aliphatic rings. The van der Waals surface area contributed by atoms with E-state index in [1.54, 1.807) is 18.1 Å². The van der Waals surface area contributed by atoms with Crippen LogP contribution in [-0.2, 0) is 6.42 Å². The van der Waals surface area contributed by atoms with Crippen LogP contribution in [-0.4, -0.2) is 26.5 Å². The molecule has 0 unspecified atom stereocenters. The number of nitrogens with two attached hydrogens (primary N) is 1. The Morgan fingerprint density at radius 1 is 1.25 bits per heavy atom. The van der Waals surface area contributed by atoms with Crippen molar-refractivity contribution in [1.29, 1.82) is 0 Å². The quantitative estimate of drug-likeness (QED) is 0.724. The zero-order valence-electron chi connectivity index (χ0n) is 10.5. The highest BCUT2D eigenvalue weighted by molar-refractivity contribution is 7.99. The molecule has 3 aromatic rings. The van der Waals surface area contributed by atoms with Crippen LogP contribution in [0, 0.1) is 0 Å². The van der Waals surface area contributed by atoms with E-state index in [9.17, 15) is 0 Å². The van der Waals surface area contributed by atoms with E-state index in [-0.39, 0.29) is 0 Å². The van der Waals surface area contributed by atoms with Crippen molar-refractivity contribution in [3.05, 3.63) is 41.4 Å². The third kappa shape index (κ3) is 2.63. The fourth-order valence-corrected chi connectivity index (χ4v) is 3.11. The Balaban J connectivity index is 2.00. The van der Waals surface area contributed by atoms with Crippen molar-refractivity contribution in [2.75, 3.05) is 6.54 Å². The second-order valence-electron chi connectivity index (χ2n) is 4.17. The van der Waals surface area contributed by atoms with Crippen LogP contribution < -0.4 is 5.73 Å². The molecule has 0 spiro atoms. The van der Waals surface area contributed by atoms with Gasteiger partial charge in [-0.25, -0.2) is 15.0 Å². The van der Waals surface area contributed by atoms with Gasteiger partial charge >= 0.3 is 0 Å². The van der Waals surface area contributed by atoms with Gasteiger partial charge in [-0.15, -0.1) is 0 Å². The Morgan fingerprint density at radius 2 is 2.15 bits per heavy atom. The number of hydrogen-bond acceptors (Lipinski definition) is 5. The fraction of sp³-hybridized carbons (Fsp3) is 0.154. The molecule has 0 aliphatic heterocycles. The van der Waals surface area contributed by atoms with Gasteiger partial charge in [-0.2, -0.15) is 0 Å². The number of H-pyrrole nitrogens is 1. The molecule has 3 N–H and O–H groups in total. The minimum Gasteiger partial charge on any atom is -0.341 e. The zero-order valence-corrected chi connectivity index (χ0v) is 12.1. The molecule has 0 amide bonds. The zero-order chi connectivity index (χ0) is 13.9. The lowest BCUT2D eigenvalue weighted by atomic mass is 10.1. The molecule has 5 nitrogen and oxygen atoms in total.